The highest BCUT2D eigenvalue weighted by Gasteiger charge is 2.53. The molecule has 0 aliphatic carbocycles. The van der Waals surface area contributed by atoms with E-state index in [0.29, 0.717) is 8.81 Å². The maximum atomic E-state index is 12.2. The van der Waals surface area contributed by atoms with Crippen molar-refractivity contribution in [3.05, 3.63) is 0 Å². The molecule has 6 atom stereocenters. The molecular formula is C10H19BO3P2S2. The maximum absolute atomic E-state index is 12.2. The van der Waals surface area contributed by atoms with E-state index < -0.39 is 5.55 Å². The fourth-order valence-electron chi connectivity index (χ4n) is 2.48. The second-order valence-corrected chi connectivity index (χ2v) is 14.7. The van der Waals surface area contributed by atoms with Crippen LogP contribution in [0.25, 0.3) is 0 Å². The summed E-state index contributed by atoms with van der Waals surface area (Å²) in [6, 6.07) is -0.272. The Labute approximate surface area is 120 Å². The van der Waals surface area contributed by atoms with Crippen LogP contribution in [0.15, 0.2) is 0 Å². The van der Waals surface area contributed by atoms with E-state index in [4.69, 9.17) is 17.1 Å². The summed E-state index contributed by atoms with van der Waals surface area (Å²) in [6.45, 7) is 5.95. The summed E-state index contributed by atoms with van der Waals surface area (Å²) in [4.78, 5) is 0. The van der Waals surface area contributed by atoms with Gasteiger partial charge in [0.05, 0.1) is 6.10 Å². The van der Waals surface area contributed by atoms with Crippen LogP contribution in [0.1, 0.15) is 13.3 Å². The van der Waals surface area contributed by atoms with Crippen molar-refractivity contribution < 1.29 is 13.8 Å². The fourth-order valence-corrected chi connectivity index (χ4v) is 9.50. The molecule has 0 aromatic carbocycles. The molecule has 8 heteroatoms. The Kier molecular flexibility index (Phi) is 5.24. The SMILES string of the molecule is [B][C@@H]1O[C@@]2(CCSP(C)(=O)SC2)[C@H](OPC)C1C. The molecule has 0 bridgehead atoms. The Balaban J connectivity index is 2.20. The van der Waals surface area contributed by atoms with Gasteiger partial charge in [-0.3, -0.25) is 0 Å². The van der Waals surface area contributed by atoms with Crippen LogP contribution in [0, 0.1) is 5.92 Å². The molecule has 3 unspecified atom stereocenters. The van der Waals surface area contributed by atoms with Gasteiger partial charge in [-0.2, -0.15) is 0 Å². The molecular weight excluding hydrogens is 305 g/mol. The third-order valence-electron chi connectivity index (χ3n) is 3.52. The number of ether oxygens (including phenoxy) is 1. The van der Waals surface area contributed by atoms with Crippen molar-refractivity contribution in [3.63, 3.8) is 0 Å². The van der Waals surface area contributed by atoms with Crippen LogP contribution in [-0.2, 0) is 13.8 Å². The Morgan fingerprint density at radius 2 is 2.28 bits per heavy atom. The zero-order valence-electron chi connectivity index (χ0n) is 10.9. The predicted molar refractivity (Wildman–Crippen MR) is 84.7 cm³/mol. The minimum Gasteiger partial charge on any atom is -0.378 e. The second-order valence-electron chi connectivity index (χ2n) is 4.88. The van der Waals surface area contributed by atoms with Crippen LogP contribution in [0.3, 0.4) is 0 Å². The van der Waals surface area contributed by atoms with Crippen LogP contribution in [0.5, 0.6) is 0 Å². The summed E-state index contributed by atoms with van der Waals surface area (Å²) in [7, 11) is 6.47. The van der Waals surface area contributed by atoms with E-state index in [2.05, 4.69) is 6.92 Å². The maximum Gasteiger partial charge on any atom is 0.188 e. The molecule has 0 aromatic rings. The summed E-state index contributed by atoms with van der Waals surface area (Å²) in [5.41, 5.74) is -2.48. The molecule has 2 aliphatic rings. The van der Waals surface area contributed by atoms with E-state index >= 15 is 0 Å². The molecule has 1 spiro atoms. The van der Waals surface area contributed by atoms with Crippen LogP contribution in [0.4, 0.5) is 0 Å². The molecule has 18 heavy (non-hydrogen) atoms. The lowest BCUT2D eigenvalue weighted by atomic mass is 9.83. The molecule has 0 amide bonds. The number of hydrogen-bond acceptors (Lipinski definition) is 5. The molecule has 2 radical (unpaired) electrons. The first kappa shape index (κ1) is 15.7. The van der Waals surface area contributed by atoms with Gasteiger partial charge in [-0.1, -0.05) is 29.7 Å². The van der Waals surface area contributed by atoms with E-state index in [0.717, 1.165) is 17.9 Å². The Bertz CT molecular complexity index is 360. The molecule has 2 heterocycles. The third kappa shape index (κ3) is 3.15. The topological polar surface area (TPSA) is 35.5 Å². The zero-order valence-corrected chi connectivity index (χ0v) is 14.4. The van der Waals surface area contributed by atoms with Gasteiger partial charge >= 0.3 is 0 Å². The lowest BCUT2D eigenvalue weighted by Gasteiger charge is -2.33. The first-order chi connectivity index (χ1) is 8.40. The largest absolute Gasteiger partial charge is 0.378 e. The highest BCUT2D eigenvalue weighted by atomic mass is 33.1. The van der Waals surface area contributed by atoms with Crippen LogP contribution in [-0.4, -0.2) is 50.4 Å². The van der Waals surface area contributed by atoms with Crippen LogP contribution in [0.2, 0.25) is 0 Å². The minimum atomic E-state index is -2.13. The van der Waals surface area contributed by atoms with Gasteiger partial charge in [-0.05, 0) is 13.1 Å². The Hall–Kier alpha value is 1.34. The molecule has 2 rings (SSSR count). The van der Waals surface area contributed by atoms with E-state index in [1.54, 1.807) is 11.4 Å². The van der Waals surface area contributed by atoms with Crippen molar-refractivity contribution >= 4 is 45.0 Å². The smallest absolute Gasteiger partial charge is 0.188 e. The van der Waals surface area contributed by atoms with Gasteiger partial charge in [0.15, 0.2) is 5.55 Å². The predicted octanol–water partition coefficient (Wildman–Crippen LogP) is 3.19. The third-order valence-corrected chi connectivity index (χ3v) is 11.6. The quantitative estimate of drug-likeness (QED) is 0.576. The van der Waals surface area contributed by atoms with Gasteiger partial charge in [0.25, 0.3) is 0 Å². The highest BCUT2D eigenvalue weighted by molar-refractivity contribution is 8.90. The Morgan fingerprint density at radius 3 is 2.94 bits per heavy atom. The first-order valence-corrected chi connectivity index (χ1v) is 12.8. The van der Waals surface area contributed by atoms with Gasteiger partial charge in [-0.15, -0.1) is 0 Å². The van der Waals surface area contributed by atoms with Gasteiger partial charge in [0.1, 0.15) is 13.4 Å². The molecule has 3 nitrogen and oxygen atoms in total. The number of hydrogen-bond donors (Lipinski definition) is 0. The van der Waals surface area contributed by atoms with Crippen LogP contribution >= 0.6 is 37.1 Å². The van der Waals surface area contributed by atoms with Gasteiger partial charge in [0.2, 0.25) is 0 Å². The average molecular weight is 324 g/mol. The summed E-state index contributed by atoms with van der Waals surface area (Å²) in [5.74, 6) is 1.77. The van der Waals surface area contributed by atoms with Gasteiger partial charge in [0, 0.05) is 38.9 Å². The van der Waals surface area contributed by atoms with Crippen molar-refractivity contribution in [1.29, 1.82) is 0 Å². The lowest BCUT2D eigenvalue weighted by Crippen LogP contribution is -2.44. The molecule has 2 saturated heterocycles. The van der Waals surface area contributed by atoms with E-state index in [9.17, 15) is 4.57 Å². The molecule has 0 saturated carbocycles. The standard InChI is InChI=1S/C10H19BO3P2S2/c1-7-8(14-15-2)10(13-9(7)11)4-5-17-16(3,12)18-6-10/h7-9,15H,4-6H2,1-3H3/t7?,8-,9-,10-,16?/m1/s1. The van der Waals surface area contributed by atoms with Crippen molar-refractivity contribution in [2.75, 3.05) is 24.8 Å². The zero-order chi connectivity index (χ0) is 13.4. The summed E-state index contributed by atoms with van der Waals surface area (Å²) in [6.07, 6.45) is 0.900. The molecule has 2 aliphatic heterocycles. The molecule has 2 fully saturated rings. The summed E-state index contributed by atoms with van der Waals surface area (Å²) in [5, 5.41) is 0. The second kappa shape index (κ2) is 5.99. The minimum absolute atomic E-state index is 0.0297. The summed E-state index contributed by atoms with van der Waals surface area (Å²) < 4.78 is 24.2. The van der Waals surface area contributed by atoms with Gasteiger partial charge in [-0.25, -0.2) is 0 Å². The molecule has 102 valence electrons. The van der Waals surface area contributed by atoms with Crippen molar-refractivity contribution in [2.24, 2.45) is 5.92 Å². The molecule has 0 aromatic heterocycles. The Morgan fingerprint density at radius 1 is 1.56 bits per heavy atom. The van der Waals surface area contributed by atoms with Gasteiger partial charge < -0.3 is 13.8 Å². The first-order valence-electron chi connectivity index (χ1n) is 6.03. The lowest BCUT2D eigenvalue weighted by molar-refractivity contribution is -0.0375. The van der Waals surface area contributed by atoms with E-state index in [1.165, 1.54) is 11.4 Å². The highest BCUT2D eigenvalue weighted by Crippen LogP contribution is 2.69. The van der Waals surface area contributed by atoms with Crippen molar-refractivity contribution in [3.8, 4) is 0 Å². The normalized spacial score (nSPS) is 50.1. The van der Waals surface area contributed by atoms with Crippen LogP contribution < -0.4 is 0 Å². The average Bonchev–Trinajstić information content (AvgIpc) is 2.45. The van der Waals surface area contributed by atoms with Crippen molar-refractivity contribution in [1.82, 2.24) is 0 Å². The molecule has 0 N–H and O–H groups in total. The van der Waals surface area contributed by atoms with Crippen molar-refractivity contribution in [2.45, 2.75) is 31.1 Å². The number of rotatable bonds is 2. The van der Waals surface area contributed by atoms with E-state index in [-0.39, 0.29) is 23.6 Å². The van der Waals surface area contributed by atoms with E-state index in [1.807, 2.05) is 13.3 Å². The summed E-state index contributed by atoms with van der Waals surface area (Å²) >= 11 is 3.10. The fraction of sp³-hybridized carbons (Fsp3) is 1.00. The monoisotopic (exact) mass is 324 g/mol.